The van der Waals surface area contributed by atoms with Crippen LogP contribution in [-0.4, -0.2) is 30.6 Å². The lowest BCUT2D eigenvalue weighted by Gasteiger charge is -2.33. The number of hydrogen-bond acceptors (Lipinski definition) is 4. The molecule has 2 N–H and O–H groups in total. The van der Waals surface area contributed by atoms with Crippen molar-refractivity contribution >= 4 is 11.8 Å². The van der Waals surface area contributed by atoms with E-state index in [1.807, 2.05) is 0 Å². The number of piperidine rings is 1. The van der Waals surface area contributed by atoms with Crippen molar-refractivity contribution in [2.24, 2.45) is 17.8 Å². The molecule has 2 fully saturated rings. The first kappa shape index (κ1) is 12.8. The normalized spacial score (nSPS) is 47.3. The summed E-state index contributed by atoms with van der Waals surface area (Å²) in [6.45, 7) is 1.42. The fraction of sp³-hybridized carbons (Fsp3) is 0.800. The van der Waals surface area contributed by atoms with Crippen LogP contribution in [0.15, 0.2) is 21.8 Å². The predicted octanol–water partition coefficient (Wildman–Crippen LogP) is 3.78. The van der Waals surface area contributed by atoms with Crippen LogP contribution in [0.3, 0.4) is 0 Å². The van der Waals surface area contributed by atoms with Crippen LogP contribution < -0.4 is 10.6 Å². The molecule has 2 saturated heterocycles. The lowest BCUT2D eigenvalue weighted by atomic mass is 9.76. The van der Waals surface area contributed by atoms with Gasteiger partial charge in [-0.1, -0.05) is 6.92 Å². The minimum Gasteiger partial charge on any atom is -0.479 e. The van der Waals surface area contributed by atoms with E-state index >= 15 is 0 Å². The van der Waals surface area contributed by atoms with E-state index in [2.05, 4.69) is 29.3 Å². The number of allylic oxidation sites excluding steroid dienone is 1. The van der Waals surface area contributed by atoms with Gasteiger partial charge in [-0.25, -0.2) is 0 Å². The standard InChI is InChI=1S/C20H30N2OS/c1-11-10-24-18-8-17(21-9-16(11)18)15-5-3-4-13-14-7-6-12(2)22-20(14)23-19(13)15/h11-14,17,20-22H,3-10H2,1-2H3/t11-,12-,13+,14?,17-,20+/m1/s1/i2D3. The Labute approximate surface area is 154 Å². The van der Waals surface area contributed by atoms with Gasteiger partial charge < -0.3 is 10.1 Å². The van der Waals surface area contributed by atoms with Crippen molar-refractivity contribution in [1.82, 2.24) is 10.6 Å². The molecule has 0 amide bonds. The van der Waals surface area contributed by atoms with Crippen molar-refractivity contribution in [1.29, 1.82) is 0 Å². The van der Waals surface area contributed by atoms with Crippen molar-refractivity contribution in [3.63, 3.8) is 0 Å². The smallest absolute Gasteiger partial charge is 0.153 e. The molecule has 4 heteroatoms. The maximum absolute atomic E-state index is 7.75. The highest BCUT2D eigenvalue weighted by atomic mass is 32.2. The summed E-state index contributed by atoms with van der Waals surface area (Å²) >= 11 is 2.05. The molecule has 132 valence electrons. The number of thioether (sulfide) groups is 1. The highest BCUT2D eigenvalue weighted by molar-refractivity contribution is 8.03. The minimum absolute atomic E-state index is 0.114. The average Bonchev–Trinajstić information content (AvgIpc) is 3.20. The van der Waals surface area contributed by atoms with Gasteiger partial charge in [0.25, 0.3) is 0 Å². The van der Waals surface area contributed by atoms with Crippen LogP contribution in [0.2, 0.25) is 0 Å². The number of rotatable bonds is 1. The second kappa shape index (κ2) is 6.07. The fourth-order valence-electron chi connectivity index (χ4n) is 5.40. The highest BCUT2D eigenvalue weighted by Crippen LogP contribution is 2.49. The zero-order valence-corrected chi connectivity index (χ0v) is 15.3. The van der Waals surface area contributed by atoms with Gasteiger partial charge in [-0.15, -0.1) is 11.8 Å². The quantitative estimate of drug-likeness (QED) is 0.755. The third-order valence-electron chi connectivity index (χ3n) is 6.74. The first-order valence-corrected chi connectivity index (χ1v) is 10.6. The second-order valence-electron chi connectivity index (χ2n) is 8.19. The maximum atomic E-state index is 7.75. The van der Waals surface area contributed by atoms with E-state index in [0.717, 1.165) is 32.2 Å². The van der Waals surface area contributed by atoms with Crippen LogP contribution in [0.4, 0.5) is 0 Å². The summed E-state index contributed by atoms with van der Waals surface area (Å²) in [5, 5.41) is 7.12. The molecule has 0 aromatic heterocycles. The van der Waals surface area contributed by atoms with Crippen molar-refractivity contribution < 1.29 is 8.85 Å². The van der Waals surface area contributed by atoms with Gasteiger partial charge in [-0.2, -0.15) is 0 Å². The lowest BCUT2D eigenvalue weighted by molar-refractivity contribution is 0.0575. The summed E-state index contributed by atoms with van der Waals surface area (Å²) in [7, 11) is 0. The first-order valence-electron chi connectivity index (χ1n) is 11.2. The van der Waals surface area contributed by atoms with Crippen LogP contribution in [-0.2, 0) is 4.74 Å². The van der Waals surface area contributed by atoms with E-state index in [1.165, 1.54) is 29.9 Å². The summed E-state index contributed by atoms with van der Waals surface area (Å²) in [5.41, 5.74) is 3.09. The Morgan fingerprint density at radius 2 is 2.21 bits per heavy atom. The number of ether oxygens (including phenoxy) is 1. The molecule has 0 aromatic rings. The van der Waals surface area contributed by atoms with E-state index in [0.29, 0.717) is 23.8 Å². The third kappa shape index (κ3) is 2.48. The van der Waals surface area contributed by atoms with Gasteiger partial charge in [-0.3, -0.25) is 5.32 Å². The van der Waals surface area contributed by atoms with Crippen molar-refractivity contribution in [3.8, 4) is 0 Å². The van der Waals surface area contributed by atoms with Gasteiger partial charge >= 0.3 is 0 Å². The largest absolute Gasteiger partial charge is 0.479 e. The molecule has 5 rings (SSSR count). The Kier molecular flexibility index (Phi) is 3.24. The Balaban J connectivity index is 1.38. The molecule has 1 aliphatic carbocycles. The van der Waals surface area contributed by atoms with Crippen LogP contribution in [0.5, 0.6) is 0 Å². The molecular formula is C20H30N2OS. The van der Waals surface area contributed by atoms with Gasteiger partial charge in [0.15, 0.2) is 6.23 Å². The molecule has 0 saturated carbocycles. The molecular weight excluding hydrogens is 316 g/mol. The number of hydrogen-bond donors (Lipinski definition) is 2. The van der Waals surface area contributed by atoms with Gasteiger partial charge in [0.05, 0.1) is 0 Å². The molecule has 0 spiro atoms. The predicted molar refractivity (Wildman–Crippen MR) is 99.6 cm³/mol. The molecule has 5 aliphatic rings. The molecule has 3 nitrogen and oxygen atoms in total. The Morgan fingerprint density at radius 1 is 1.25 bits per heavy atom. The molecule has 1 unspecified atom stereocenters. The summed E-state index contributed by atoms with van der Waals surface area (Å²) in [6.07, 6.45) is 6.22. The topological polar surface area (TPSA) is 33.3 Å². The SMILES string of the molecule is [2H]C([2H])([2H])[C@@H]1CCC2[C@@H]3CCCC([C@H]4CC5=C(CN4)[C@H](C)CS5)=C3O[C@@H]2N1. The summed E-state index contributed by atoms with van der Waals surface area (Å²) < 4.78 is 29.7. The monoisotopic (exact) mass is 349 g/mol. The minimum atomic E-state index is -1.94. The van der Waals surface area contributed by atoms with Crippen LogP contribution in [0.25, 0.3) is 0 Å². The van der Waals surface area contributed by atoms with Gasteiger partial charge in [-0.05, 0) is 67.3 Å². The molecule has 0 bridgehead atoms. The van der Waals surface area contributed by atoms with Crippen LogP contribution in [0, 0.1) is 17.8 Å². The van der Waals surface area contributed by atoms with E-state index in [-0.39, 0.29) is 6.23 Å². The highest BCUT2D eigenvalue weighted by Gasteiger charge is 2.47. The van der Waals surface area contributed by atoms with Crippen LogP contribution in [0.1, 0.15) is 56.4 Å². The van der Waals surface area contributed by atoms with Crippen molar-refractivity contribution in [2.45, 2.75) is 70.6 Å². The van der Waals surface area contributed by atoms with Gasteiger partial charge in [0, 0.05) is 40.3 Å². The van der Waals surface area contributed by atoms with E-state index in [9.17, 15) is 0 Å². The lowest BCUT2D eigenvalue weighted by Crippen LogP contribution is -2.45. The van der Waals surface area contributed by atoms with Crippen molar-refractivity contribution in [3.05, 3.63) is 21.8 Å². The molecule has 4 aliphatic heterocycles. The Bertz CT molecular complexity index is 689. The van der Waals surface area contributed by atoms with Gasteiger partial charge in [0.2, 0.25) is 0 Å². The van der Waals surface area contributed by atoms with Gasteiger partial charge in [0.1, 0.15) is 5.76 Å². The summed E-state index contributed by atoms with van der Waals surface area (Å²) in [6, 6.07) is -0.0298. The van der Waals surface area contributed by atoms with E-state index in [4.69, 9.17) is 8.85 Å². The fourth-order valence-corrected chi connectivity index (χ4v) is 6.80. The number of nitrogens with one attached hydrogen (secondary N) is 2. The summed E-state index contributed by atoms with van der Waals surface area (Å²) in [4.78, 5) is 1.61. The molecule has 4 heterocycles. The zero-order valence-electron chi connectivity index (χ0n) is 17.4. The van der Waals surface area contributed by atoms with E-state index in [1.54, 1.807) is 10.5 Å². The zero-order chi connectivity index (χ0) is 18.8. The Morgan fingerprint density at radius 3 is 3.12 bits per heavy atom. The van der Waals surface area contributed by atoms with Crippen molar-refractivity contribution in [2.75, 3.05) is 12.3 Å². The third-order valence-corrected chi connectivity index (χ3v) is 8.18. The summed E-state index contributed by atoms with van der Waals surface area (Å²) in [5.74, 6) is 4.06. The maximum Gasteiger partial charge on any atom is 0.153 e. The molecule has 0 aromatic carbocycles. The molecule has 0 radical (unpaired) electrons. The number of fused-ring (bicyclic) bond motifs is 3. The Hall–Kier alpha value is -0.450. The van der Waals surface area contributed by atoms with E-state index < -0.39 is 12.9 Å². The van der Waals surface area contributed by atoms with Crippen LogP contribution >= 0.6 is 11.8 Å². The second-order valence-corrected chi connectivity index (χ2v) is 9.30. The molecule has 6 atom stereocenters. The first-order chi connectivity index (χ1) is 12.9. The average molecular weight is 350 g/mol. The molecule has 24 heavy (non-hydrogen) atoms.